The van der Waals surface area contributed by atoms with Crippen LogP contribution in [0.4, 0.5) is 10.6 Å². The third-order valence-electron chi connectivity index (χ3n) is 4.24. The van der Waals surface area contributed by atoms with Crippen molar-refractivity contribution >= 4 is 17.8 Å². The fourth-order valence-electron chi connectivity index (χ4n) is 2.91. The van der Waals surface area contributed by atoms with E-state index in [0.717, 1.165) is 10.5 Å². The fourth-order valence-corrected chi connectivity index (χ4v) is 2.91. The summed E-state index contributed by atoms with van der Waals surface area (Å²) in [6, 6.07) is 1.95. The summed E-state index contributed by atoms with van der Waals surface area (Å²) in [7, 11) is 1.49. The minimum atomic E-state index is -1.03. The molecule has 0 bridgehead atoms. The Labute approximate surface area is 134 Å². The number of morpholine rings is 1. The van der Waals surface area contributed by atoms with Gasteiger partial charge >= 0.3 is 6.09 Å². The van der Waals surface area contributed by atoms with Crippen LogP contribution >= 0.6 is 0 Å². The van der Waals surface area contributed by atoms with Gasteiger partial charge in [-0.05, 0) is 13.0 Å². The lowest BCUT2D eigenvalue weighted by molar-refractivity contribution is 0.0964. The number of aromatic nitrogens is 1. The van der Waals surface area contributed by atoms with Crippen molar-refractivity contribution < 1.29 is 19.4 Å². The van der Waals surface area contributed by atoms with Crippen molar-refractivity contribution in [2.24, 2.45) is 0 Å². The molecule has 1 saturated heterocycles. The molecule has 23 heavy (non-hydrogen) atoms. The molecule has 3 rings (SSSR count). The first-order valence-corrected chi connectivity index (χ1v) is 7.57. The molecular weight excluding hydrogens is 300 g/mol. The number of carboxylic acid groups (broad SMARTS) is 1. The van der Waals surface area contributed by atoms with Gasteiger partial charge in [-0.25, -0.2) is 9.78 Å². The van der Waals surface area contributed by atoms with Crippen LogP contribution in [0.15, 0.2) is 6.07 Å². The number of ether oxygens (including phenoxy) is 1. The monoisotopic (exact) mass is 320 g/mol. The molecule has 0 aliphatic carbocycles. The first-order chi connectivity index (χ1) is 11.0. The van der Waals surface area contributed by atoms with Gasteiger partial charge in [0.05, 0.1) is 31.5 Å². The highest BCUT2D eigenvalue weighted by Gasteiger charge is 2.28. The van der Waals surface area contributed by atoms with E-state index in [1.165, 1.54) is 7.05 Å². The molecule has 1 aromatic rings. The lowest BCUT2D eigenvalue weighted by Gasteiger charge is -2.34. The van der Waals surface area contributed by atoms with Crippen LogP contribution in [-0.2, 0) is 17.8 Å². The molecule has 0 aromatic carbocycles. The van der Waals surface area contributed by atoms with Crippen molar-refractivity contribution in [1.29, 1.82) is 0 Å². The molecular formula is C15H20N4O4. The number of hydrogen-bond donors (Lipinski definition) is 2. The molecule has 2 aliphatic rings. The highest BCUT2D eigenvalue weighted by molar-refractivity contribution is 5.99. The quantitative estimate of drug-likeness (QED) is 0.849. The van der Waals surface area contributed by atoms with Crippen molar-refractivity contribution in [3.63, 3.8) is 0 Å². The number of hydrogen-bond acceptors (Lipinski definition) is 5. The van der Waals surface area contributed by atoms with Crippen LogP contribution in [0.1, 0.15) is 28.5 Å². The molecule has 0 radical (unpaired) electrons. The van der Waals surface area contributed by atoms with Gasteiger partial charge in [-0.15, -0.1) is 0 Å². The molecule has 0 unspecified atom stereocenters. The van der Waals surface area contributed by atoms with E-state index in [9.17, 15) is 9.59 Å². The Bertz CT molecular complexity index is 649. The molecule has 2 amide bonds. The minimum Gasteiger partial charge on any atom is -0.465 e. The van der Waals surface area contributed by atoms with E-state index >= 15 is 0 Å². The van der Waals surface area contributed by atoms with E-state index in [2.05, 4.69) is 15.2 Å². The van der Waals surface area contributed by atoms with Gasteiger partial charge in [-0.2, -0.15) is 0 Å². The number of anilines is 1. The zero-order valence-electron chi connectivity index (χ0n) is 13.2. The molecule has 8 nitrogen and oxygen atoms in total. The maximum Gasteiger partial charge on any atom is 0.407 e. The van der Waals surface area contributed by atoms with Crippen LogP contribution in [0.3, 0.4) is 0 Å². The summed E-state index contributed by atoms with van der Waals surface area (Å²) in [6.07, 6.45) is -1.03. The van der Waals surface area contributed by atoms with Crippen LogP contribution < -0.4 is 10.2 Å². The van der Waals surface area contributed by atoms with Crippen LogP contribution in [0.2, 0.25) is 0 Å². The van der Waals surface area contributed by atoms with Crippen LogP contribution in [0, 0.1) is 0 Å². The second-order valence-corrected chi connectivity index (χ2v) is 5.89. The normalized spacial score (nSPS) is 20.2. The summed E-state index contributed by atoms with van der Waals surface area (Å²) in [4.78, 5) is 31.0. The zero-order chi connectivity index (χ0) is 16.6. The smallest absolute Gasteiger partial charge is 0.407 e. The third kappa shape index (κ3) is 2.94. The summed E-state index contributed by atoms with van der Waals surface area (Å²) < 4.78 is 5.44. The summed E-state index contributed by atoms with van der Waals surface area (Å²) in [5, 5.41) is 11.9. The minimum absolute atomic E-state index is 0.135. The molecule has 8 heteroatoms. The third-order valence-corrected chi connectivity index (χ3v) is 4.24. The van der Waals surface area contributed by atoms with Crippen LogP contribution in [-0.4, -0.2) is 59.8 Å². The van der Waals surface area contributed by atoms with Gasteiger partial charge in [0, 0.05) is 31.3 Å². The van der Waals surface area contributed by atoms with E-state index in [1.54, 1.807) is 6.07 Å². The number of fused-ring (bicyclic) bond motifs is 1. The number of rotatable bonds is 3. The van der Waals surface area contributed by atoms with Crippen molar-refractivity contribution in [2.45, 2.75) is 26.1 Å². The number of nitrogens with one attached hydrogen (secondary N) is 1. The largest absolute Gasteiger partial charge is 0.465 e. The Morgan fingerprint density at radius 1 is 1.61 bits per heavy atom. The number of carbonyl (C=O) groups is 2. The highest BCUT2D eigenvalue weighted by atomic mass is 16.5. The Hall–Kier alpha value is -2.35. The molecule has 2 aliphatic heterocycles. The van der Waals surface area contributed by atoms with Gasteiger partial charge in [-0.3, -0.25) is 4.79 Å². The van der Waals surface area contributed by atoms with Gasteiger partial charge in [-0.1, -0.05) is 0 Å². The Morgan fingerprint density at radius 2 is 2.39 bits per heavy atom. The SMILES string of the molecule is C[C@@H]1COCCN1c1cc2c(c(CN(C)C(=O)O)n1)CNC2=O. The van der Waals surface area contributed by atoms with Crippen molar-refractivity contribution in [1.82, 2.24) is 15.2 Å². The summed E-state index contributed by atoms with van der Waals surface area (Å²) >= 11 is 0. The number of pyridine rings is 1. The van der Waals surface area contributed by atoms with E-state index in [4.69, 9.17) is 9.84 Å². The summed E-state index contributed by atoms with van der Waals surface area (Å²) in [6.45, 7) is 4.50. The lowest BCUT2D eigenvalue weighted by Crippen LogP contribution is -2.44. The van der Waals surface area contributed by atoms with E-state index in [-0.39, 0.29) is 18.5 Å². The zero-order valence-corrected chi connectivity index (χ0v) is 13.2. The topological polar surface area (TPSA) is 95.0 Å². The highest BCUT2D eigenvalue weighted by Crippen LogP contribution is 2.27. The second-order valence-electron chi connectivity index (χ2n) is 5.89. The van der Waals surface area contributed by atoms with E-state index in [1.807, 2.05) is 6.92 Å². The first kappa shape index (κ1) is 15.5. The van der Waals surface area contributed by atoms with Gasteiger partial charge in [0.15, 0.2) is 0 Å². The maximum absolute atomic E-state index is 12.0. The van der Waals surface area contributed by atoms with E-state index in [0.29, 0.717) is 43.4 Å². The predicted molar refractivity (Wildman–Crippen MR) is 82.5 cm³/mol. The fraction of sp³-hybridized carbons (Fsp3) is 0.533. The average molecular weight is 320 g/mol. The van der Waals surface area contributed by atoms with Crippen molar-refractivity contribution in [3.8, 4) is 0 Å². The van der Waals surface area contributed by atoms with Gasteiger partial charge < -0.3 is 25.0 Å². The molecule has 1 fully saturated rings. The molecule has 0 spiro atoms. The molecule has 2 N–H and O–H groups in total. The number of amides is 2. The second kappa shape index (κ2) is 6.04. The van der Waals surface area contributed by atoms with Gasteiger partial charge in [0.25, 0.3) is 5.91 Å². The Balaban J connectivity index is 1.99. The molecule has 0 saturated carbocycles. The molecule has 3 heterocycles. The number of nitrogens with zero attached hydrogens (tertiary/aromatic N) is 3. The van der Waals surface area contributed by atoms with Crippen LogP contribution in [0.25, 0.3) is 0 Å². The average Bonchev–Trinajstić information content (AvgIpc) is 2.89. The standard InChI is InChI=1S/C15H20N4O4/c1-9-8-23-4-3-19(9)13-5-10-11(6-16-14(10)20)12(17-13)7-18(2)15(21)22/h5,9H,3-4,6-8H2,1-2H3,(H,16,20)(H,21,22)/t9-/m1/s1. The molecule has 1 aromatic heterocycles. The predicted octanol–water partition coefficient (Wildman–Crippen LogP) is 0.660. The Morgan fingerprint density at radius 3 is 3.09 bits per heavy atom. The summed E-state index contributed by atoms with van der Waals surface area (Å²) in [5.74, 6) is 0.564. The summed E-state index contributed by atoms with van der Waals surface area (Å²) in [5.41, 5.74) is 2.00. The lowest BCUT2D eigenvalue weighted by atomic mass is 10.1. The van der Waals surface area contributed by atoms with Crippen molar-refractivity contribution in [2.75, 3.05) is 31.7 Å². The molecule has 124 valence electrons. The maximum atomic E-state index is 12.0. The van der Waals surface area contributed by atoms with E-state index < -0.39 is 6.09 Å². The number of carbonyl (C=O) groups excluding carboxylic acids is 1. The van der Waals surface area contributed by atoms with Gasteiger partial charge in [0.2, 0.25) is 0 Å². The first-order valence-electron chi connectivity index (χ1n) is 7.57. The van der Waals surface area contributed by atoms with Crippen LogP contribution in [0.5, 0.6) is 0 Å². The molecule has 1 atom stereocenters. The van der Waals surface area contributed by atoms with Crippen molar-refractivity contribution in [3.05, 3.63) is 22.9 Å². The Kier molecular flexibility index (Phi) is 4.08. The van der Waals surface area contributed by atoms with Gasteiger partial charge in [0.1, 0.15) is 5.82 Å².